The van der Waals surface area contributed by atoms with Gasteiger partial charge in [0.2, 0.25) is 0 Å². The van der Waals surface area contributed by atoms with Gasteiger partial charge in [0.15, 0.2) is 12.6 Å². The van der Waals surface area contributed by atoms with Crippen LogP contribution in [0.5, 0.6) is 0 Å². The predicted octanol–water partition coefficient (Wildman–Crippen LogP) is 4.61. The first-order valence-corrected chi connectivity index (χ1v) is 10.5. The first kappa shape index (κ1) is 19.6. The van der Waals surface area contributed by atoms with Gasteiger partial charge in [0.1, 0.15) is 0 Å². The van der Waals surface area contributed by atoms with Crippen LogP contribution >= 0.6 is 0 Å². The molecule has 4 nitrogen and oxygen atoms in total. The zero-order chi connectivity index (χ0) is 18.1. The molecule has 0 radical (unpaired) electrons. The second-order valence-electron chi connectivity index (χ2n) is 8.73. The lowest BCUT2D eigenvalue weighted by Crippen LogP contribution is -2.55. The molecule has 6 unspecified atom stereocenters. The highest BCUT2D eigenvalue weighted by Gasteiger charge is 2.46. The molecule has 6 heterocycles. The molecule has 0 spiro atoms. The van der Waals surface area contributed by atoms with Gasteiger partial charge in [-0.05, 0) is 43.9 Å². The van der Waals surface area contributed by atoms with Gasteiger partial charge < -0.3 is 18.9 Å². The zero-order valence-electron chi connectivity index (χ0n) is 16.9. The average molecular weight is 355 g/mol. The van der Waals surface area contributed by atoms with Gasteiger partial charge in [-0.3, -0.25) is 0 Å². The summed E-state index contributed by atoms with van der Waals surface area (Å²) in [7, 11) is 0. The molecule has 0 aromatic heterocycles. The zero-order valence-corrected chi connectivity index (χ0v) is 16.9. The Morgan fingerprint density at radius 1 is 0.760 bits per heavy atom. The van der Waals surface area contributed by atoms with Crippen LogP contribution in [-0.2, 0) is 18.9 Å². The average Bonchev–Trinajstić information content (AvgIpc) is 2.59. The lowest BCUT2D eigenvalue weighted by atomic mass is 9.75. The first-order chi connectivity index (χ1) is 11.9. The summed E-state index contributed by atoms with van der Waals surface area (Å²) in [6.45, 7) is 14.4. The van der Waals surface area contributed by atoms with E-state index in [1.54, 1.807) is 0 Å². The monoisotopic (exact) mass is 354 g/mol. The Hall–Kier alpha value is -0.160. The summed E-state index contributed by atoms with van der Waals surface area (Å²) in [4.78, 5) is 0. The van der Waals surface area contributed by atoms with Crippen LogP contribution in [0.3, 0.4) is 0 Å². The lowest BCUT2D eigenvalue weighted by molar-refractivity contribution is -0.324. The topological polar surface area (TPSA) is 36.9 Å². The maximum Gasteiger partial charge on any atom is 0.161 e. The Balaban J connectivity index is 1.85. The fraction of sp³-hybridized carbons (Fsp3) is 1.00. The highest BCUT2D eigenvalue weighted by molar-refractivity contribution is 4.89. The van der Waals surface area contributed by atoms with Crippen LogP contribution in [0, 0.1) is 29.6 Å². The summed E-state index contributed by atoms with van der Waals surface area (Å²) >= 11 is 0. The smallest absolute Gasteiger partial charge is 0.161 e. The SMILES string of the molecule is CCC1O[C@@H]2OCCCCC3C(C)O[C@H](OC1[C@H](C)C2C)C(C)[C@H]3C. The van der Waals surface area contributed by atoms with Crippen molar-refractivity contribution in [3.8, 4) is 0 Å². The highest BCUT2D eigenvalue weighted by atomic mass is 16.7. The summed E-state index contributed by atoms with van der Waals surface area (Å²) in [6.07, 6.45) is 4.63. The maximum absolute atomic E-state index is 6.61. The van der Waals surface area contributed by atoms with Crippen LogP contribution in [0.15, 0.2) is 0 Å². The summed E-state index contributed by atoms with van der Waals surface area (Å²) in [5.74, 6) is 2.37. The summed E-state index contributed by atoms with van der Waals surface area (Å²) in [5, 5.41) is 0. The highest BCUT2D eigenvalue weighted by Crippen LogP contribution is 2.42. The third-order valence-electron chi connectivity index (χ3n) is 7.25. The summed E-state index contributed by atoms with van der Waals surface area (Å²) < 4.78 is 25.5. The van der Waals surface area contributed by atoms with Gasteiger partial charge in [0.05, 0.1) is 18.3 Å². The molecule has 6 saturated heterocycles. The van der Waals surface area contributed by atoms with Gasteiger partial charge in [-0.15, -0.1) is 0 Å². The Labute approximate surface area is 153 Å². The molecule has 25 heavy (non-hydrogen) atoms. The fourth-order valence-corrected chi connectivity index (χ4v) is 4.98. The van der Waals surface area contributed by atoms with E-state index in [0.29, 0.717) is 29.6 Å². The molecule has 10 atom stereocenters. The van der Waals surface area contributed by atoms with Crippen LogP contribution in [0.4, 0.5) is 0 Å². The van der Waals surface area contributed by atoms with Crippen LogP contribution in [0.2, 0.25) is 0 Å². The summed E-state index contributed by atoms with van der Waals surface area (Å²) in [6, 6.07) is 0. The van der Waals surface area contributed by atoms with Crippen molar-refractivity contribution in [3.63, 3.8) is 0 Å². The van der Waals surface area contributed by atoms with Gasteiger partial charge in [-0.1, -0.05) is 41.0 Å². The van der Waals surface area contributed by atoms with Crippen molar-refractivity contribution in [3.05, 3.63) is 0 Å². The Bertz CT molecular complexity index is 426. The predicted molar refractivity (Wildman–Crippen MR) is 98.1 cm³/mol. The van der Waals surface area contributed by atoms with Crippen LogP contribution < -0.4 is 0 Å². The molecule has 0 N–H and O–H groups in total. The molecule has 0 saturated carbocycles. The molecule has 146 valence electrons. The number of ether oxygens (including phenoxy) is 4. The van der Waals surface area contributed by atoms with Gasteiger partial charge in [0.25, 0.3) is 0 Å². The second kappa shape index (κ2) is 8.24. The molecule has 0 aromatic rings. The molecule has 6 aliphatic heterocycles. The third-order valence-corrected chi connectivity index (χ3v) is 7.25. The van der Waals surface area contributed by atoms with E-state index >= 15 is 0 Å². The third kappa shape index (κ3) is 3.92. The van der Waals surface area contributed by atoms with Gasteiger partial charge >= 0.3 is 0 Å². The van der Waals surface area contributed by atoms with E-state index in [1.807, 2.05) is 0 Å². The van der Waals surface area contributed by atoms with E-state index in [0.717, 1.165) is 19.4 Å². The molecule has 6 aliphatic rings. The molecule has 6 fully saturated rings. The van der Waals surface area contributed by atoms with Crippen molar-refractivity contribution in [2.24, 2.45) is 29.6 Å². The molecule has 4 heteroatoms. The first-order valence-electron chi connectivity index (χ1n) is 10.5. The molecular formula is C21H38O4. The molecule has 0 amide bonds. The minimum Gasteiger partial charge on any atom is -0.352 e. The van der Waals surface area contributed by atoms with Crippen molar-refractivity contribution >= 4 is 0 Å². The molecule has 4 bridgehead atoms. The Kier molecular flexibility index (Phi) is 6.46. The van der Waals surface area contributed by atoms with Gasteiger partial charge in [-0.25, -0.2) is 0 Å². The van der Waals surface area contributed by atoms with Crippen molar-refractivity contribution in [1.29, 1.82) is 0 Å². The number of hydrogen-bond donors (Lipinski definition) is 0. The van der Waals surface area contributed by atoms with Crippen molar-refractivity contribution in [2.45, 2.75) is 98.1 Å². The van der Waals surface area contributed by atoms with E-state index in [1.165, 1.54) is 12.8 Å². The van der Waals surface area contributed by atoms with E-state index in [9.17, 15) is 0 Å². The minimum absolute atomic E-state index is 0.0752. The van der Waals surface area contributed by atoms with Gasteiger partial charge in [-0.2, -0.15) is 0 Å². The standard InChI is InChI=1S/C21H38O4/c1-7-18-19-13(3)15(5)20(24-18)22-11-9-8-10-17-12(2)14(4)21(25-19)23-16(17)6/h12-21H,7-11H2,1-6H3/t12-,13-,14?,15?,16?,17?,18?,19?,20+,21-/m1/s1. The molecule has 6 rings (SSSR count). The number of rotatable bonds is 1. The van der Waals surface area contributed by atoms with Crippen LogP contribution in [-0.4, -0.2) is 37.5 Å². The second-order valence-corrected chi connectivity index (χ2v) is 8.73. The normalized spacial score (nSPS) is 52.1. The van der Waals surface area contributed by atoms with Crippen LogP contribution in [0.25, 0.3) is 0 Å². The van der Waals surface area contributed by atoms with E-state index in [4.69, 9.17) is 18.9 Å². The molecule has 0 aliphatic carbocycles. The van der Waals surface area contributed by atoms with Crippen LogP contribution in [0.1, 0.15) is 67.2 Å². The maximum atomic E-state index is 6.61. The van der Waals surface area contributed by atoms with E-state index in [2.05, 4.69) is 41.5 Å². The van der Waals surface area contributed by atoms with Crippen molar-refractivity contribution in [2.75, 3.05) is 6.61 Å². The minimum atomic E-state index is -0.126. The molecule has 0 aromatic carbocycles. The largest absolute Gasteiger partial charge is 0.352 e. The lowest BCUT2D eigenvalue weighted by Gasteiger charge is -2.49. The number of hydrogen-bond acceptors (Lipinski definition) is 4. The van der Waals surface area contributed by atoms with Crippen molar-refractivity contribution in [1.82, 2.24) is 0 Å². The van der Waals surface area contributed by atoms with E-state index in [-0.39, 0.29) is 30.9 Å². The quantitative estimate of drug-likeness (QED) is 0.689. The Morgan fingerprint density at radius 3 is 2.20 bits per heavy atom. The van der Waals surface area contributed by atoms with Crippen molar-refractivity contribution < 1.29 is 18.9 Å². The van der Waals surface area contributed by atoms with E-state index < -0.39 is 0 Å². The Morgan fingerprint density at radius 2 is 1.48 bits per heavy atom. The fourth-order valence-electron chi connectivity index (χ4n) is 4.98. The van der Waals surface area contributed by atoms with Gasteiger partial charge in [0, 0.05) is 18.4 Å². The summed E-state index contributed by atoms with van der Waals surface area (Å²) in [5.41, 5.74) is 0. The molecular weight excluding hydrogens is 316 g/mol.